The van der Waals surface area contributed by atoms with E-state index in [9.17, 15) is 0 Å². The Morgan fingerprint density at radius 1 is 1.33 bits per heavy atom. The summed E-state index contributed by atoms with van der Waals surface area (Å²) in [4.78, 5) is 8.49. The molecule has 2 aromatic rings. The Morgan fingerprint density at radius 3 is 2.71 bits per heavy atom. The molecule has 0 bridgehead atoms. The summed E-state index contributed by atoms with van der Waals surface area (Å²) < 4.78 is 7.66. The third kappa shape index (κ3) is 6.50. The van der Waals surface area contributed by atoms with E-state index < -0.39 is 0 Å². The number of nitrogens with zero attached hydrogens (tertiary/aromatic N) is 4. The molecule has 0 aromatic carbocycles. The zero-order valence-electron chi connectivity index (χ0n) is 14.7. The summed E-state index contributed by atoms with van der Waals surface area (Å²) in [5.74, 6) is 2.28. The molecule has 134 valence electrons. The summed E-state index contributed by atoms with van der Waals surface area (Å²) in [6.07, 6.45) is 6.51. The van der Waals surface area contributed by atoms with Gasteiger partial charge in [0.15, 0.2) is 5.96 Å². The molecule has 0 radical (unpaired) electrons. The Kier molecular flexibility index (Phi) is 8.23. The number of nitrogens with one attached hydrogen (secondary N) is 2. The van der Waals surface area contributed by atoms with Crippen LogP contribution in [0.15, 0.2) is 34.1 Å². The molecular formula is C16H27IN6O. The van der Waals surface area contributed by atoms with E-state index in [0.717, 1.165) is 31.2 Å². The fraction of sp³-hybridized carbons (Fsp3) is 0.562. The lowest BCUT2D eigenvalue weighted by atomic mass is 9.94. The lowest BCUT2D eigenvalue weighted by Gasteiger charge is -2.13. The van der Waals surface area contributed by atoms with E-state index >= 15 is 0 Å². The molecule has 2 rings (SSSR count). The maximum absolute atomic E-state index is 5.75. The van der Waals surface area contributed by atoms with Gasteiger partial charge in [-0.15, -0.1) is 24.0 Å². The van der Waals surface area contributed by atoms with Gasteiger partial charge < -0.3 is 15.1 Å². The molecular weight excluding hydrogens is 419 g/mol. The van der Waals surface area contributed by atoms with Crippen molar-refractivity contribution < 1.29 is 4.42 Å². The second-order valence-electron chi connectivity index (χ2n) is 6.34. The molecule has 0 aliphatic carbocycles. The summed E-state index contributed by atoms with van der Waals surface area (Å²) in [6.45, 7) is 8.51. The van der Waals surface area contributed by atoms with Gasteiger partial charge in [0.25, 0.3) is 0 Å². The first-order chi connectivity index (χ1) is 11.0. The van der Waals surface area contributed by atoms with E-state index in [1.165, 1.54) is 0 Å². The molecule has 0 unspecified atom stereocenters. The number of oxazole rings is 1. The molecule has 0 atom stereocenters. The van der Waals surface area contributed by atoms with Gasteiger partial charge >= 0.3 is 0 Å². The molecule has 0 aliphatic rings. The van der Waals surface area contributed by atoms with Crippen LogP contribution in [0.1, 0.15) is 38.8 Å². The summed E-state index contributed by atoms with van der Waals surface area (Å²) in [6, 6.07) is 1.93. The van der Waals surface area contributed by atoms with Crippen LogP contribution in [-0.4, -0.2) is 34.3 Å². The molecule has 8 heteroatoms. The van der Waals surface area contributed by atoms with Crippen LogP contribution in [0.3, 0.4) is 0 Å². The number of rotatable bonds is 6. The molecule has 0 spiro atoms. The van der Waals surface area contributed by atoms with Crippen LogP contribution in [0.5, 0.6) is 0 Å². The number of halogens is 1. The Balaban J connectivity index is 0.00000288. The Morgan fingerprint density at radius 2 is 2.12 bits per heavy atom. The maximum Gasteiger partial charge on any atom is 0.213 e. The highest BCUT2D eigenvalue weighted by molar-refractivity contribution is 14.0. The van der Waals surface area contributed by atoms with E-state index in [0.29, 0.717) is 12.4 Å². The van der Waals surface area contributed by atoms with Crippen molar-refractivity contribution in [2.45, 2.75) is 45.7 Å². The topological polar surface area (TPSA) is 80.3 Å². The lowest BCUT2D eigenvalue weighted by Crippen LogP contribution is -2.37. The van der Waals surface area contributed by atoms with Crippen LogP contribution < -0.4 is 10.6 Å². The van der Waals surface area contributed by atoms with Gasteiger partial charge in [-0.2, -0.15) is 5.10 Å². The van der Waals surface area contributed by atoms with Gasteiger partial charge in [-0.3, -0.25) is 9.67 Å². The minimum absolute atomic E-state index is 0. The van der Waals surface area contributed by atoms with E-state index in [1.807, 2.05) is 16.9 Å². The molecule has 0 amide bonds. The molecule has 24 heavy (non-hydrogen) atoms. The molecule has 7 nitrogen and oxygen atoms in total. The molecule has 0 saturated heterocycles. The zero-order valence-corrected chi connectivity index (χ0v) is 17.1. The number of aliphatic imine (C=N–C) groups is 1. The van der Waals surface area contributed by atoms with Gasteiger partial charge in [0, 0.05) is 37.9 Å². The molecule has 0 fully saturated rings. The van der Waals surface area contributed by atoms with Crippen molar-refractivity contribution in [3.05, 3.63) is 36.3 Å². The quantitative estimate of drug-likeness (QED) is 0.309. The summed E-state index contributed by atoms with van der Waals surface area (Å²) >= 11 is 0. The van der Waals surface area contributed by atoms with Gasteiger partial charge in [0.1, 0.15) is 5.76 Å². The summed E-state index contributed by atoms with van der Waals surface area (Å²) in [5, 5.41) is 10.6. The first-order valence-corrected chi connectivity index (χ1v) is 7.86. The van der Waals surface area contributed by atoms with Crippen molar-refractivity contribution in [1.29, 1.82) is 0 Å². The highest BCUT2D eigenvalue weighted by Gasteiger charge is 2.19. The SMILES string of the molecule is CN=C(NCCCn1cccn1)NCc1ncc(C(C)(C)C)o1.I. The van der Waals surface area contributed by atoms with Gasteiger partial charge in [-0.05, 0) is 12.5 Å². The molecule has 2 N–H and O–H groups in total. The third-order valence-electron chi connectivity index (χ3n) is 3.34. The fourth-order valence-electron chi connectivity index (χ4n) is 2.00. The smallest absolute Gasteiger partial charge is 0.213 e. The van der Waals surface area contributed by atoms with Gasteiger partial charge in [-0.1, -0.05) is 20.8 Å². The summed E-state index contributed by atoms with van der Waals surface area (Å²) in [7, 11) is 1.75. The van der Waals surface area contributed by atoms with E-state index in [1.54, 1.807) is 19.4 Å². The average Bonchev–Trinajstić information content (AvgIpc) is 3.17. The van der Waals surface area contributed by atoms with Crippen LogP contribution in [0, 0.1) is 0 Å². The van der Waals surface area contributed by atoms with E-state index in [-0.39, 0.29) is 29.4 Å². The predicted octanol–water partition coefficient (Wildman–Crippen LogP) is 2.54. The van der Waals surface area contributed by atoms with Crippen molar-refractivity contribution in [3.8, 4) is 0 Å². The largest absolute Gasteiger partial charge is 0.443 e. The van der Waals surface area contributed by atoms with Crippen LogP contribution in [-0.2, 0) is 18.5 Å². The van der Waals surface area contributed by atoms with Crippen molar-refractivity contribution in [2.75, 3.05) is 13.6 Å². The van der Waals surface area contributed by atoms with E-state index in [4.69, 9.17) is 4.42 Å². The highest BCUT2D eigenvalue weighted by Crippen LogP contribution is 2.22. The first-order valence-electron chi connectivity index (χ1n) is 7.86. The lowest BCUT2D eigenvalue weighted by molar-refractivity contribution is 0.379. The molecule has 2 aromatic heterocycles. The second kappa shape index (κ2) is 9.65. The van der Waals surface area contributed by atoms with Crippen molar-refractivity contribution >= 4 is 29.9 Å². The van der Waals surface area contributed by atoms with Crippen LogP contribution in [0.4, 0.5) is 0 Å². The Hall–Kier alpha value is -1.58. The fourth-order valence-corrected chi connectivity index (χ4v) is 2.00. The minimum atomic E-state index is -0.0301. The number of hydrogen-bond donors (Lipinski definition) is 2. The second-order valence-corrected chi connectivity index (χ2v) is 6.34. The van der Waals surface area contributed by atoms with Crippen LogP contribution >= 0.6 is 24.0 Å². The zero-order chi connectivity index (χ0) is 16.7. The number of hydrogen-bond acceptors (Lipinski definition) is 4. The number of aromatic nitrogens is 3. The summed E-state index contributed by atoms with van der Waals surface area (Å²) in [5.41, 5.74) is -0.0301. The maximum atomic E-state index is 5.75. The van der Waals surface area contributed by atoms with Gasteiger partial charge in [0.05, 0.1) is 12.7 Å². The van der Waals surface area contributed by atoms with Gasteiger partial charge in [0.2, 0.25) is 5.89 Å². The highest BCUT2D eigenvalue weighted by atomic mass is 127. The standard InChI is InChI=1S/C16H26N6O.HI/c1-16(2,3)13-11-19-14(23-13)12-20-15(17-4)18-7-5-9-22-10-6-8-21-22;/h6,8,10-11H,5,7,9,12H2,1-4H3,(H2,17,18,20);1H. The van der Waals surface area contributed by atoms with Crippen molar-refractivity contribution in [2.24, 2.45) is 4.99 Å². The van der Waals surface area contributed by atoms with Crippen molar-refractivity contribution in [3.63, 3.8) is 0 Å². The monoisotopic (exact) mass is 446 g/mol. The Labute approximate surface area is 160 Å². The predicted molar refractivity (Wildman–Crippen MR) is 106 cm³/mol. The third-order valence-corrected chi connectivity index (χ3v) is 3.34. The minimum Gasteiger partial charge on any atom is -0.443 e. The number of guanidine groups is 1. The molecule has 2 heterocycles. The van der Waals surface area contributed by atoms with Crippen LogP contribution in [0.2, 0.25) is 0 Å². The van der Waals surface area contributed by atoms with Crippen molar-refractivity contribution in [1.82, 2.24) is 25.4 Å². The Bertz CT molecular complexity index is 615. The average molecular weight is 446 g/mol. The van der Waals surface area contributed by atoms with Crippen LogP contribution in [0.25, 0.3) is 0 Å². The van der Waals surface area contributed by atoms with Gasteiger partial charge in [-0.25, -0.2) is 4.98 Å². The number of aryl methyl sites for hydroxylation is 1. The molecule has 0 aliphatic heterocycles. The van der Waals surface area contributed by atoms with E-state index in [2.05, 4.69) is 46.5 Å². The molecule has 0 saturated carbocycles. The normalized spacial score (nSPS) is 11.9. The first kappa shape index (κ1) is 20.5.